The number of nitrogens with zero attached hydrogens (tertiary/aromatic N) is 1. The molecule has 0 unspecified atom stereocenters. The van der Waals surface area contributed by atoms with Gasteiger partial charge in [0.2, 0.25) is 0 Å². The van der Waals surface area contributed by atoms with Crippen molar-refractivity contribution < 1.29 is 4.74 Å². The molecule has 0 aliphatic carbocycles. The lowest BCUT2D eigenvalue weighted by Gasteiger charge is -2.06. The van der Waals surface area contributed by atoms with Gasteiger partial charge in [0, 0.05) is 30.1 Å². The standard InChI is InChI=1S/C13H16N2OS/c1-14-10-11-9-12(4-6-15-11)16-7-5-13-3-2-8-17-13/h2-4,6,8-9,14H,5,7,10H2,1H3. The minimum Gasteiger partial charge on any atom is -0.493 e. The Balaban J connectivity index is 1.84. The zero-order valence-electron chi connectivity index (χ0n) is 9.85. The second-order valence-corrected chi connectivity index (χ2v) is 4.72. The highest BCUT2D eigenvalue weighted by atomic mass is 32.1. The Morgan fingerprint density at radius 1 is 1.41 bits per heavy atom. The van der Waals surface area contributed by atoms with E-state index < -0.39 is 0 Å². The van der Waals surface area contributed by atoms with Crippen molar-refractivity contribution in [2.45, 2.75) is 13.0 Å². The first-order valence-electron chi connectivity index (χ1n) is 5.63. The van der Waals surface area contributed by atoms with Gasteiger partial charge in [0.05, 0.1) is 12.3 Å². The van der Waals surface area contributed by atoms with E-state index in [-0.39, 0.29) is 0 Å². The van der Waals surface area contributed by atoms with Gasteiger partial charge in [0.25, 0.3) is 0 Å². The van der Waals surface area contributed by atoms with Crippen molar-refractivity contribution in [1.82, 2.24) is 10.3 Å². The topological polar surface area (TPSA) is 34.1 Å². The molecule has 0 aromatic carbocycles. The van der Waals surface area contributed by atoms with Crippen molar-refractivity contribution in [3.05, 3.63) is 46.4 Å². The zero-order valence-corrected chi connectivity index (χ0v) is 10.7. The third-order valence-corrected chi connectivity index (χ3v) is 3.28. The molecule has 1 N–H and O–H groups in total. The summed E-state index contributed by atoms with van der Waals surface area (Å²) in [5, 5.41) is 5.16. The van der Waals surface area contributed by atoms with E-state index in [1.807, 2.05) is 19.2 Å². The molecule has 0 saturated carbocycles. The Morgan fingerprint density at radius 2 is 2.35 bits per heavy atom. The highest BCUT2D eigenvalue weighted by molar-refractivity contribution is 7.09. The Morgan fingerprint density at radius 3 is 3.12 bits per heavy atom. The van der Waals surface area contributed by atoms with Gasteiger partial charge in [0.1, 0.15) is 5.75 Å². The van der Waals surface area contributed by atoms with Gasteiger partial charge in [-0.1, -0.05) is 6.07 Å². The van der Waals surface area contributed by atoms with Gasteiger partial charge in [-0.25, -0.2) is 0 Å². The lowest BCUT2D eigenvalue weighted by atomic mass is 10.3. The van der Waals surface area contributed by atoms with E-state index in [1.54, 1.807) is 17.5 Å². The van der Waals surface area contributed by atoms with E-state index in [4.69, 9.17) is 4.74 Å². The van der Waals surface area contributed by atoms with Crippen molar-refractivity contribution in [2.75, 3.05) is 13.7 Å². The molecule has 0 amide bonds. The van der Waals surface area contributed by atoms with Crippen LogP contribution in [0.1, 0.15) is 10.6 Å². The smallest absolute Gasteiger partial charge is 0.122 e. The van der Waals surface area contributed by atoms with Crippen LogP contribution in [-0.2, 0) is 13.0 Å². The molecule has 0 saturated heterocycles. The predicted octanol–water partition coefficient (Wildman–Crippen LogP) is 2.48. The van der Waals surface area contributed by atoms with Crippen molar-refractivity contribution in [2.24, 2.45) is 0 Å². The third-order valence-electron chi connectivity index (χ3n) is 2.34. The van der Waals surface area contributed by atoms with Gasteiger partial charge < -0.3 is 10.1 Å². The molecule has 4 heteroatoms. The summed E-state index contributed by atoms with van der Waals surface area (Å²) in [5.74, 6) is 0.891. The summed E-state index contributed by atoms with van der Waals surface area (Å²) in [6, 6.07) is 8.07. The molecule has 0 fully saturated rings. The molecule has 90 valence electrons. The molecule has 3 nitrogen and oxygen atoms in total. The maximum Gasteiger partial charge on any atom is 0.122 e. The van der Waals surface area contributed by atoms with Crippen molar-refractivity contribution in [3.8, 4) is 5.75 Å². The minimum atomic E-state index is 0.712. The number of aromatic nitrogens is 1. The van der Waals surface area contributed by atoms with E-state index >= 15 is 0 Å². The summed E-state index contributed by atoms with van der Waals surface area (Å²) < 4.78 is 5.71. The van der Waals surface area contributed by atoms with Crippen LogP contribution < -0.4 is 10.1 Å². The van der Waals surface area contributed by atoms with Crippen LogP contribution in [0.3, 0.4) is 0 Å². The number of ether oxygens (including phenoxy) is 1. The molecule has 2 heterocycles. The second-order valence-electron chi connectivity index (χ2n) is 3.69. The number of rotatable bonds is 6. The Kier molecular flexibility index (Phi) is 4.53. The van der Waals surface area contributed by atoms with Crippen LogP contribution in [0.5, 0.6) is 5.75 Å². The van der Waals surface area contributed by atoms with Gasteiger partial charge >= 0.3 is 0 Å². The Bertz CT molecular complexity index is 442. The van der Waals surface area contributed by atoms with Crippen LogP contribution >= 0.6 is 11.3 Å². The van der Waals surface area contributed by atoms with E-state index in [0.717, 1.165) is 24.4 Å². The van der Waals surface area contributed by atoms with Gasteiger partial charge in [-0.2, -0.15) is 0 Å². The lowest BCUT2D eigenvalue weighted by molar-refractivity contribution is 0.322. The molecular formula is C13H16N2OS. The number of hydrogen-bond donors (Lipinski definition) is 1. The van der Waals surface area contributed by atoms with Crippen LogP contribution in [0.2, 0.25) is 0 Å². The summed E-state index contributed by atoms with van der Waals surface area (Å²) in [6.07, 6.45) is 2.74. The maximum atomic E-state index is 5.71. The second kappa shape index (κ2) is 6.37. The monoisotopic (exact) mass is 248 g/mol. The Hall–Kier alpha value is -1.39. The zero-order chi connectivity index (χ0) is 11.9. The van der Waals surface area contributed by atoms with Crippen LogP contribution in [0.15, 0.2) is 35.8 Å². The quantitative estimate of drug-likeness (QED) is 0.853. The minimum absolute atomic E-state index is 0.712. The molecule has 0 spiro atoms. The molecule has 0 radical (unpaired) electrons. The van der Waals surface area contributed by atoms with Gasteiger partial charge in [-0.3, -0.25) is 4.98 Å². The molecule has 0 aliphatic rings. The highest BCUT2D eigenvalue weighted by Crippen LogP contribution is 2.13. The first-order chi connectivity index (χ1) is 8.38. The molecule has 2 rings (SSSR count). The highest BCUT2D eigenvalue weighted by Gasteiger charge is 1.98. The van der Waals surface area contributed by atoms with E-state index in [0.29, 0.717) is 6.61 Å². The number of thiophene rings is 1. The van der Waals surface area contributed by atoms with Crippen molar-refractivity contribution in [1.29, 1.82) is 0 Å². The molecule has 0 bridgehead atoms. The van der Waals surface area contributed by atoms with Crippen LogP contribution in [0.25, 0.3) is 0 Å². The maximum absolute atomic E-state index is 5.71. The number of pyridine rings is 1. The summed E-state index contributed by atoms with van der Waals surface area (Å²) in [4.78, 5) is 5.60. The summed E-state index contributed by atoms with van der Waals surface area (Å²) in [5.41, 5.74) is 1.00. The lowest BCUT2D eigenvalue weighted by Crippen LogP contribution is -2.07. The largest absolute Gasteiger partial charge is 0.493 e. The predicted molar refractivity (Wildman–Crippen MR) is 70.5 cm³/mol. The molecule has 0 aliphatic heterocycles. The summed E-state index contributed by atoms with van der Waals surface area (Å²) >= 11 is 1.77. The fourth-order valence-electron chi connectivity index (χ4n) is 1.55. The molecular weight excluding hydrogens is 232 g/mol. The molecule has 2 aromatic heterocycles. The number of hydrogen-bond acceptors (Lipinski definition) is 4. The molecule has 2 aromatic rings. The van der Waals surface area contributed by atoms with Gasteiger partial charge in [-0.05, 0) is 24.6 Å². The first-order valence-corrected chi connectivity index (χ1v) is 6.51. The molecule has 0 atom stereocenters. The Labute approximate surface area is 105 Å². The van der Waals surface area contributed by atoms with E-state index in [2.05, 4.69) is 27.8 Å². The SMILES string of the molecule is CNCc1cc(OCCc2cccs2)ccn1. The fraction of sp³-hybridized carbons (Fsp3) is 0.308. The van der Waals surface area contributed by atoms with Gasteiger partial charge in [-0.15, -0.1) is 11.3 Å². The van der Waals surface area contributed by atoms with Gasteiger partial charge in [0.15, 0.2) is 0 Å². The van der Waals surface area contributed by atoms with Crippen LogP contribution in [-0.4, -0.2) is 18.6 Å². The van der Waals surface area contributed by atoms with Crippen LogP contribution in [0.4, 0.5) is 0 Å². The number of nitrogens with one attached hydrogen (secondary N) is 1. The van der Waals surface area contributed by atoms with Crippen molar-refractivity contribution in [3.63, 3.8) is 0 Å². The van der Waals surface area contributed by atoms with E-state index in [1.165, 1.54) is 4.88 Å². The molecule has 17 heavy (non-hydrogen) atoms. The third kappa shape index (κ3) is 3.84. The van der Waals surface area contributed by atoms with E-state index in [9.17, 15) is 0 Å². The fourth-order valence-corrected chi connectivity index (χ4v) is 2.24. The summed E-state index contributed by atoms with van der Waals surface area (Å²) in [7, 11) is 1.91. The first kappa shape index (κ1) is 12.1. The average Bonchev–Trinajstić information content (AvgIpc) is 2.83. The average molecular weight is 248 g/mol. The van der Waals surface area contributed by atoms with Crippen molar-refractivity contribution >= 4 is 11.3 Å². The summed E-state index contributed by atoms with van der Waals surface area (Å²) in [6.45, 7) is 1.48. The normalized spacial score (nSPS) is 10.4. The van der Waals surface area contributed by atoms with Crippen LogP contribution in [0, 0.1) is 0 Å².